The van der Waals surface area contributed by atoms with E-state index in [2.05, 4.69) is 0 Å². The van der Waals surface area contributed by atoms with Crippen molar-refractivity contribution in [3.8, 4) is 0 Å². The molecule has 5 heteroatoms. The van der Waals surface area contributed by atoms with Gasteiger partial charge in [0.25, 0.3) is 0 Å². The van der Waals surface area contributed by atoms with Crippen LogP contribution in [0.15, 0.2) is 0 Å². The summed E-state index contributed by atoms with van der Waals surface area (Å²) < 4.78 is 26.9. The third kappa shape index (κ3) is 3.38. The van der Waals surface area contributed by atoms with Gasteiger partial charge in [-0.25, -0.2) is 8.42 Å². The summed E-state index contributed by atoms with van der Waals surface area (Å²) in [6, 6.07) is 0. The Labute approximate surface area is 84.6 Å². The summed E-state index contributed by atoms with van der Waals surface area (Å²) >= 11 is 0. The highest BCUT2D eigenvalue weighted by molar-refractivity contribution is 7.90. The number of rotatable bonds is 4. The van der Waals surface area contributed by atoms with Crippen LogP contribution in [0.3, 0.4) is 0 Å². The van der Waals surface area contributed by atoms with Crippen molar-refractivity contribution < 1.29 is 17.9 Å². The van der Waals surface area contributed by atoms with E-state index in [0.29, 0.717) is 6.61 Å². The normalized spacial score (nSPS) is 27.9. The predicted molar refractivity (Wildman–Crippen MR) is 52.9 cm³/mol. The van der Waals surface area contributed by atoms with Crippen LogP contribution in [0, 0.1) is 5.92 Å². The lowest BCUT2D eigenvalue weighted by molar-refractivity contribution is -0.123. The molecule has 0 amide bonds. The maximum atomic E-state index is 11.6. The van der Waals surface area contributed by atoms with E-state index in [9.17, 15) is 13.2 Å². The van der Waals surface area contributed by atoms with Crippen molar-refractivity contribution in [3.63, 3.8) is 0 Å². The van der Waals surface area contributed by atoms with Gasteiger partial charge in [-0.05, 0) is 13.3 Å². The molecule has 0 spiro atoms. The van der Waals surface area contributed by atoms with Crippen molar-refractivity contribution >= 4 is 15.6 Å². The Morgan fingerprint density at radius 2 is 2.14 bits per heavy atom. The Hall–Kier alpha value is -0.420. The molecule has 1 aliphatic heterocycles. The lowest BCUT2D eigenvalue weighted by Crippen LogP contribution is -2.23. The molecular formula is C9H16O4S. The predicted octanol–water partition coefficient (Wildman–Crippen LogP) is 0.415. The van der Waals surface area contributed by atoms with Crippen LogP contribution in [0.2, 0.25) is 0 Å². The van der Waals surface area contributed by atoms with Crippen LogP contribution in [0.1, 0.15) is 19.8 Å². The number of Topliss-reactive ketones (excluding diaryl/α,β-unsaturated/α-hetero) is 1. The summed E-state index contributed by atoms with van der Waals surface area (Å²) in [5.74, 6) is -0.133. The van der Waals surface area contributed by atoms with Crippen LogP contribution in [0.4, 0.5) is 0 Å². The Bertz CT molecular complexity index is 307. The van der Waals surface area contributed by atoms with Crippen molar-refractivity contribution in [1.82, 2.24) is 0 Å². The Kier molecular flexibility index (Phi) is 3.66. The topological polar surface area (TPSA) is 60.4 Å². The van der Waals surface area contributed by atoms with Gasteiger partial charge in [0, 0.05) is 25.2 Å². The molecule has 1 heterocycles. The van der Waals surface area contributed by atoms with Gasteiger partial charge in [-0.3, -0.25) is 4.79 Å². The zero-order chi connectivity index (χ0) is 10.8. The summed E-state index contributed by atoms with van der Waals surface area (Å²) in [5.41, 5.74) is 0. The molecule has 0 aromatic rings. The minimum Gasteiger partial charge on any atom is -0.378 e. The SMILES string of the molecule is CC1OCCC1C(=O)CCS(C)(=O)=O. The highest BCUT2D eigenvalue weighted by Gasteiger charge is 2.30. The number of ketones is 1. The molecule has 1 rings (SSSR count). The summed E-state index contributed by atoms with van der Waals surface area (Å²) in [7, 11) is -3.03. The minimum absolute atomic E-state index is 0.0143. The number of carbonyl (C=O) groups is 1. The number of hydrogen-bond acceptors (Lipinski definition) is 4. The second-order valence-corrected chi connectivity index (χ2v) is 6.08. The lowest BCUT2D eigenvalue weighted by Gasteiger charge is -2.11. The highest BCUT2D eigenvalue weighted by Crippen LogP contribution is 2.22. The van der Waals surface area contributed by atoms with Gasteiger partial charge in [-0.2, -0.15) is 0 Å². The number of ether oxygens (including phenoxy) is 1. The van der Waals surface area contributed by atoms with Gasteiger partial charge < -0.3 is 4.74 Å². The fourth-order valence-corrected chi connectivity index (χ4v) is 2.20. The molecule has 0 aliphatic carbocycles. The van der Waals surface area contributed by atoms with Crippen molar-refractivity contribution in [2.45, 2.75) is 25.9 Å². The Morgan fingerprint density at radius 1 is 1.50 bits per heavy atom. The molecule has 0 bridgehead atoms. The van der Waals surface area contributed by atoms with E-state index in [0.717, 1.165) is 12.7 Å². The first-order chi connectivity index (χ1) is 6.40. The molecule has 1 fully saturated rings. The van der Waals surface area contributed by atoms with Gasteiger partial charge in [0.15, 0.2) is 0 Å². The second-order valence-electron chi connectivity index (χ2n) is 3.82. The number of carbonyl (C=O) groups excluding carboxylic acids is 1. The maximum absolute atomic E-state index is 11.6. The minimum atomic E-state index is -3.03. The lowest BCUT2D eigenvalue weighted by atomic mass is 9.96. The Balaban J connectivity index is 2.42. The van der Waals surface area contributed by atoms with Crippen LogP contribution in [0.5, 0.6) is 0 Å². The molecule has 4 nitrogen and oxygen atoms in total. The van der Waals surface area contributed by atoms with Gasteiger partial charge in [-0.1, -0.05) is 0 Å². The van der Waals surface area contributed by atoms with Crippen molar-refractivity contribution in [3.05, 3.63) is 0 Å². The van der Waals surface area contributed by atoms with E-state index in [-0.39, 0.29) is 30.0 Å². The zero-order valence-electron chi connectivity index (χ0n) is 8.52. The average Bonchev–Trinajstić information content (AvgIpc) is 2.46. The molecule has 0 radical (unpaired) electrons. The van der Waals surface area contributed by atoms with Crippen LogP contribution in [-0.2, 0) is 19.4 Å². The van der Waals surface area contributed by atoms with Gasteiger partial charge in [0.1, 0.15) is 15.6 Å². The monoisotopic (exact) mass is 220 g/mol. The van der Waals surface area contributed by atoms with Gasteiger partial charge >= 0.3 is 0 Å². The van der Waals surface area contributed by atoms with Gasteiger partial charge in [0.2, 0.25) is 0 Å². The Morgan fingerprint density at radius 3 is 2.57 bits per heavy atom. The van der Waals surface area contributed by atoms with Gasteiger partial charge in [-0.15, -0.1) is 0 Å². The molecule has 2 unspecified atom stereocenters. The molecule has 0 N–H and O–H groups in total. The highest BCUT2D eigenvalue weighted by atomic mass is 32.2. The zero-order valence-corrected chi connectivity index (χ0v) is 9.34. The average molecular weight is 220 g/mol. The fourth-order valence-electron chi connectivity index (χ4n) is 1.63. The van der Waals surface area contributed by atoms with E-state index in [1.807, 2.05) is 6.92 Å². The molecule has 1 saturated heterocycles. The quantitative estimate of drug-likeness (QED) is 0.688. The van der Waals surface area contributed by atoms with E-state index in [1.54, 1.807) is 0 Å². The maximum Gasteiger partial charge on any atom is 0.147 e. The van der Waals surface area contributed by atoms with Crippen LogP contribution in [-0.4, -0.2) is 38.9 Å². The first-order valence-electron chi connectivity index (χ1n) is 4.72. The molecular weight excluding hydrogens is 204 g/mol. The smallest absolute Gasteiger partial charge is 0.147 e. The summed E-state index contributed by atoms with van der Waals surface area (Å²) in [4.78, 5) is 11.6. The molecule has 14 heavy (non-hydrogen) atoms. The van der Waals surface area contributed by atoms with Crippen molar-refractivity contribution in [1.29, 1.82) is 0 Å². The second kappa shape index (κ2) is 4.40. The summed E-state index contributed by atoms with van der Waals surface area (Å²) in [5, 5.41) is 0. The first-order valence-corrected chi connectivity index (χ1v) is 6.78. The standard InChI is InChI=1S/C9H16O4S/c1-7-8(3-5-13-7)9(10)4-6-14(2,11)12/h7-8H,3-6H2,1-2H3. The molecule has 2 atom stereocenters. The van der Waals surface area contributed by atoms with Gasteiger partial charge in [0.05, 0.1) is 11.9 Å². The number of sulfone groups is 1. The fraction of sp³-hybridized carbons (Fsp3) is 0.889. The van der Waals surface area contributed by atoms with E-state index in [4.69, 9.17) is 4.74 Å². The van der Waals surface area contributed by atoms with Crippen LogP contribution >= 0.6 is 0 Å². The molecule has 1 aliphatic rings. The van der Waals surface area contributed by atoms with E-state index in [1.165, 1.54) is 0 Å². The van der Waals surface area contributed by atoms with Crippen LogP contribution < -0.4 is 0 Å². The van der Waals surface area contributed by atoms with E-state index >= 15 is 0 Å². The van der Waals surface area contributed by atoms with E-state index < -0.39 is 9.84 Å². The van der Waals surface area contributed by atoms with Crippen molar-refractivity contribution in [2.75, 3.05) is 18.6 Å². The largest absolute Gasteiger partial charge is 0.378 e. The molecule has 0 aromatic heterocycles. The molecule has 0 saturated carbocycles. The third-order valence-electron chi connectivity index (χ3n) is 2.51. The molecule has 82 valence electrons. The number of hydrogen-bond donors (Lipinski definition) is 0. The van der Waals surface area contributed by atoms with Crippen molar-refractivity contribution in [2.24, 2.45) is 5.92 Å². The summed E-state index contributed by atoms with van der Waals surface area (Å²) in [6.45, 7) is 2.46. The summed E-state index contributed by atoms with van der Waals surface area (Å²) in [6.07, 6.45) is 1.94. The van der Waals surface area contributed by atoms with Crippen LogP contribution in [0.25, 0.3) is 0 Å². The third-order valence-corrected chi connectivity index (χ3v) is 3.45. The molecule has 0 aromatic carbocycles. The first kappa shape index (κ1) is 11.7.